The lowest BCUT2D eigenvalue weighted by Crippen LogP contribution is -2.52. The Morgan fingerprint density at radius 3 is 2.60 bits per heavy atom. The fourth-order valence-corrected chi connectivity index (χ4v) is 8.61. The fourth-order valence-electron chi connectivity index (χ4n) is 8.61. The number of hydrogen-bond donors (Lipinski definition) is 0. The van der Waals surface area contributed by atoms with Gasteiger partial charge in [0.1, 0.15) is 18.4 Å². The van der Waals surface area contributed by atoms with E-state index in [9.17, 15) is 9.59 Å². The van der Waals surface area contributed by atoms with Gasteiger partial charge in [0.25, 0.3) is 0 Å². The van der Waals surface area contributed by atoms with Gasteiger partial charge in [-0.15, -0.1) is 5.10 Å². The van der Waals surface area contributed by atoms with Crippen LogP contribution in [0.3, 0.4) is 0 Å². The van der Waals surface area contributed by atoms with Gasteiger partial charge < -0.3 is 19.1 Å². The van der Waals surface area contributed by atoms with E-state index in [1.54, 1.807) is 15.8 Å². The molecule has 2 aliphatic heterocycles. The number of morpholine rings is 1. The van der Waals surface area contributed by atoms with E-state index in [-0.39, 0.29) is 36.1 Å². The molecule has 0 spiro atoms. The summed E-state index contributed by atoms with van der Waals surface area (Å²) >= 11 is 0. The number of cyclic esters (lactones) is 1. The zero-order chi connectivity index (χ0) is 32.8. The molecule has 3 heterocycles. The molecule has 4 aliphatic rings. The number of fused-ring (bicyclic) bond motifs is 3. The molecule has 0 radical (unpaired) electrons. The van der Waals surface area contributed by atoms with Crippen LogP contribution in [0, 0.1) is 11.3 Å². The third-order valence-corrected chi connectivity index (χ3v) is 11.2. The van der Waals surface area contributed by atoms with Crippen LogP contribution in [0.2, 0.25) is 0 Å². The first kappa shape index (κ1) is 31.7. The summed E-state index contributed by atoms with van der Waals surface area (Å²) in [6.07, 6.45) is 5.93. The number of amides is 1. The van der Waals surface area contributed by atoms with E-state index in [1.165, 1.54) is 16.7 Å². The first-order valence-electron chi connectivity index (χ1n) is 17.2. The van der Waals surface area contributed by atoms with Gasteiger partial charge in [0.05, 0.1) is 37.9 Å². The van der Waals surface area contributed by atoms with E-state index >= 15 is 0 Å². The van der Waals surface area contributed by atoms with Crippen LogP contribution in [0.5, 0.6) is 0 Å². The van der Waals surface area contributed by atoms with Crippen molar-refractivity contribution in [1.82, 2.24) is 15.0 Å². The minimum Gasteiger partial charge on any atom is -0.459 e. The van der Waals surface area contributed by atoms with Crippen molar-refractivity contribution in [3.05, 3.63) is 71.0 Å². The standard InChI is InChI=1S/C37H47N5O5/c1-25(2)26-6-12-32-27(20-26)7-13-33-36(32,3)14-5-15-37(33,4)34(43)46-24-28-21-41(39-38-28)22-31-23-42(35(44)47-31)30-10-8-29(9-11-30)40-16-18-45-19-17-40/h6,8-12,20-21,25,31,33H,5,7,13-19,22-24H2,1-4H3/t31?,33-,36-,37-/m1/s1. The Labute approximate surface area is 277 Å². The summed E-state index contributed by atoms with van der Waals surface area (Å²) in [4.78, 5) is 30.5. The zero-order valence-corrected chi connectivity index (χ0v) is 28.1. The summed E-state index contributed by atoms with van der Waals surface area (Å²) in [6, 6.07) is 15.0. The summed E-state index contributed by atoms with van der Waals surface area (Å²) in [5.74, 6) is 0.576. The molecule has 7 rings (SSSR count). The number of rotatable bonds is 8. The van der Waals surface area contributed by atoms with Crippen LogP contribution in [0.15, 0.2) is 48.7 Å². The number of esters is 1. The topological polar surface area (TPSA) is 99.0 Å². The molecule has 2 saturated heterocycles. The van der Waals surface area contributed by atoms with Crippen LogP contribution in [-0.4, -0.2) is 66.0 Å². The van der Waals surface area contributed by atoms with E-state index in [1.807, 2.05) is 24.3 Å². The van der Waals surface area contributed by atoms with Gasteiger partial charge in [-0.05, 0) is 90.8 Å². The predicted molar refractivity (Wildman–Crippen MR) is 179 cm³/mol. The van der Waals surface area contributed by atoms with Crippen LogP contribution in [0.1, 0.15) is 81.7 Å². The van der Waals surface area contributed by atoms with E-state index in [4.69, 9.17) is 14.2 Å². The molecule has 250 valence electrons. The second kappa shape index (κ2) is 12.6. The number of anilines is 2. The monoisotopic (exact) mass is 641 g/mol. The number of ether oxygens (including phenoxy) is 3. The van der Waals surface area contributed by atoms with Crippen molar-refractivity contribution in [2.45, 2.75) is 90.4 Å². The van der Waals surface area contributed by atoms with Gasteiger partial charge in [-0.25, -0.2) is 9.48 Å². The lowest BCUT2D eigenvalue weighted by atomic mass is 9.49. The first-order valence-corrected chi connectivity index (χ1v) is 17.2. The van der Waals surface area contributed by atoms with Crippen molar-refractivity contribution in [1.29, 1.82) is 0 Å². The molecule has 0 N–H and O–H groups in total. The van der Waals surface area contributed by atoms with Crippen LogP contribution in [0.4, 0.5) is 16.2 Å². The van der Waals surface area contributed by atoms with E-state index in [2.05, 4.69) is 61.1 Å². The molecule has 3 fully saturated rings. The molecule has 10 nitrogen and oxygen atoms in total. The zero-order valence-electron chi connectivity index (χ0n) is 28.1. The number of aromatic nitrogens is 3. The second-order valence-electron chi connectivity index (χ2n) is 14.6. The quantitative estimate of drug-likeness (QED) is 0.276. The minimum atomic E-state index is -0.556. The van der Waals surface area contributed by atoms with E-state index in [0.717, 1.165) is 69.8 Å². The van der Waals surface area contributed by atoms with E-state index in [0.29, 0.717) is 24.7 Å². The van der Waals surface area contributed by atoms with Gasteiger partial charge in [0.2, 0.25) is 0 Å². The number of benzene rings is 2. The van der Waals surface area contributed by atoms with Crippen LogP contribution in [-0.2, 0) is 44.0 Å². The van der Waals surface area contributed by atoms with Gasteiger partial charge in [-0.2, -0.15) is 0 Å². The average Bonchev–Trinajstić information content (AvgIpc) is 3.69. The largest absolute Gasteiger partial charge is 0.459 e. The molecular weight excluding hydrogens is 594 g/mol. The highest BCUT2D eigenvalue weighted by molar-refractivity contribution is 5.90. The van der Waals surface area contributed by atoms with Gasteiger partial charge >= 0.3 is 12.1 Å². The second-order valence-corrected chi connectivity index (χ2v) is 14.6. The van der Waals surface area contributed by atoms with Crippen LogP contribution in [0.25, 0.3) is 0 Å². The van der Waals surface area contributed by atoms with Gasteiger partial charge in [-0.3, -0.25) is 9.69 Å². The number of carbonyl (C=O) groups excluding carboxylic acids is 2. The van der Waals surface area contributed by atoms with Crippen molar-refractivity contribution in [2.75, 3.05) is 42.6 Å². The summed E-state index contributed by atoms with van der Waals surface area (Å²) < 4.78 is 18.8. The summed E-state index contributed by atoms with van der Waals surface area (Å²) in [6.45, 7) is 13.0. The van der Waals surface area contributed by atoms with Gasteiger partial charge in [0, 0.05) is 24.5 Å². The summed E-state index contributed by atoms with van der Waals surface area (Å²) in [5.41, 5.74) is 6.14. The lowest BCUT2D eigenvalue weighted by Gasteiger charge is -2.54. The highest BCUT2D eigenvalue weighted by Crippen LogP contribution is 2.57. The van der Waals surface area contributed by atoms with Crippen molar-refractivity contribution in [2.24, 2.45) is 11.3 Å². The molecule has 2 aromatic carbocycles. The van der Waals surface area contributed by atoms with Gasteiger partial charge in [0.15, 0.2) is 0 Å². The molecule has 1 saturated carbocycles. The lowest BCUT2D eigenvalue weighted by molar-refractivity contribution is -0.166. The Balaban J connectivity index is 0.951. The van der Waals surface area contributed by atoms with Crippen molar-refractivity contribution >= 4 is 23.4 Å². The molecule has 4 atom stereocenters. The predicted octanol–water partition coefficient (Wildman–Crippen LogP) is 6.02. The highest BCUT2D eigenvalue weighted by atomic mass is 16.6. The smallest absolute Gasteiger partial charge is 0.414 e. The molecule has 47 heavy (non-hydrogen) atoms. The Kier molecular flexibility index (Phi) is 8.49. The molecule has 1 unspecified atom stereocenters. The van der Waals surface area contributed by atoms with Crippen molar-refractivity contribution < 1.29 is 23.8 Å². The Morgan fingerprint density at radius 2 is 1.83 bits per heavy atom. The fraction of sp³-hybridized carbons (Fsp3) is 0.568. The normalized spacial score (nSPS) is 27.4. The molecule has 2 aliphatic carbocycles. The average molecular weight is 642 g/mol. The molecule has 1 amide bonds. The number of nitrogens with zero attached hydrogens (tertiary/aromatic N) is 5. The van der Waals surface area contributed by atoms with Crippen LogP contribution >= 0.6 is 0 Å². The van der Waals surface area contributed by atoms with Gasteiger partial charge in [-0.1, -0.05) is 50.6 Å². The van der Waals surface area contributed by atoms with Crippen LogP contribution < -0.4 is 9.80 Å². The maximum Gasteiger partial charge on any atom is 0.414 e. The van der Waals surface area contributed by atoms with Crippen molar-refractivity contribution in [3.8, 4) is 0 Å². The minimum absolute atomic E-state index is 0.0460. The SMILES string of the molecule is CC(C)c1ccc2c(c1)CC[C@H]1[C@](C)(C(=O)OCc3cn(CC4CN(c5ccc(N6CCOCC6)cc5)C(=O)O4)nn3)CCC[C@]21C. The highest BCUT2D eigenvalue weighted by Gasteiger charge is 2.55. The number of aryl methyl sites for hydroxylation is 1. The molecule has 1 aromatic heterocycles. The third kappa shape index (κ3) is 6.01. The number of carbonyl (C=O) groups is 2. The molecular formula is C37H47N5O5. The van der Waals surface area contributed by atoms with Crippen molar-refractivity contribution in [3.63, 3.8) is 0 Å². The Bertz CT molecular complexity index is 1620. The molecule has 3 aromatic rings. The maximum atomic E-state index is 13.8. The molecule has 10 heteroatoms. The summed E-state index contributed by atoms with van der Waals surface area (Å²) in [5, 5.41) is 8.51. The first-order chi connectivity index (χ1) is 22.6. The van der Waals surface area contributed by atoms with E-state index < -0.39 is 5.41 Å². The Hall–Kier alpha value is -3.92. The third-order valence-electron chi connectivity index (χ3n) is 11.2. The Morgan fingerprint density at radius 1 is 1.06 bits per heavy atom. The molecule has 0 bridgehead atoms. The number of hydrogen-bond acceptors (Lipinski definition) is 8. The summed E-state index contributed by atoms with van der Waals surface area (Å²) in [7, 11) is 0. The maximum absolute atomic E-state index is 13.8.